The van der Waals surface area contributed by atoms with E-state index in [4.69, 9.17) is 5.73 Å². The summed E-state index contributed by atoms with van der Waals surface area (Å²) in [6.45, 7) is 5.34. The van der Waals surface area contributed by atoms with Gasteiger partial charge in [-0.25, -0.2) is 0 Å². The SMILES string of the molecule is CCC(CN)N(C)C(C)C1CC1. The van der Waals surface area contributed by atoms with Gasteiger partial charge in [0.05, 0.1) is 0 Å². The molecule has 2 unspecified atom stereocenters. The van der Waals surface area contributed by atoms with Crippen molar-refractivity contribution >= 4 is 0 Å². The van der Waals surface area contributed by atoms with E-state index >= 15 is 0 Å². The molecule has 1 aliphatic carbocycles. The first-order valence-corrected chi connectivity index (χ1v) is 5.12. The maximum Gasteiger partial charge on any atom is 0.0215 e. The van der Waals surface area contributed by atoms with E-state index < -0.39 is 0 Å². The third-order valence-corrected chi connectivity index (χ3v) is 3.27. The standard InChI is InChI=1S/C10H22N2/c1-4-10(7-11)12(3)8(2)9-5-6-9/h8-10H,4-7,11H2,1-3H3. The molecule has 2 N–H and O–H groups in total. The van der Waals surface area contributed by atoms with Crippen LogP contribution in [0.3, 0.4) is 0 Å². The molecule has 72 valence electrons. The zero-order chi connectivity index (χ0) is 9.14. The predicted molar refractivity (Wildman–Crippen MR) is 53.1 cm³/mol. The van der Waals surface area contributed by atoms with Gasteiger partial charge in [0.25, 0.3) is 0 Å². The molecule has 0 amide bonds. The quantitative estimate of drug-likeness (QED) is 0.676. The second kappa shape index (κ2) is 4.24. The first kappa shape index (κ1) is 10.0. The normalized spacial score (nSPS) is 22.8. The first-order valence-electron chi connectivity index (χ1n) is 5.12. The lowest BCUT2D eigenvalue weighted by molar-refractivity contribution is 0.166. The van der Waals surface area contributed by atoms with Crippen LogP contribution in [-0.2, 0) is 0 Å². The maximum absolute atomic E-state index is 5.70. The molecule has 1 aliphatic rings. The van der Waals surface area contributed by atoms with Crippen LogP contribution in [0.15, 0.2) is 0 Å². The van der Waals surface area contributed by atoms with E-state index in [0.717, 1.165) is 18.5 Å². The van der Waals surface area contributed by atoms with Gasteiger partial charge < -0.3 is 5.73 Å². The summed E-state index contributed by atoms with van der Waals surface area (Å²) >= 11 is 0. The number of hydrogen-bond acceptors (Lipinski definition) is 2. The van der Waals surface area contributed by atoms with Crippen molar-refractivity contribution < 1.29 is 0 Å². The number of likely N-dealkylation sites (N-methyl/N-ethyl adjacent to an activating group) is 1. The molecular formula is C10H22N2. The van der Waals surface area contributed by atoms with Gasteiger partial charge in [0.1, 0.15) is 0 Å². The zero-order valence-electron chi connectivity index (χ0n) is 8.59. The Morgan fingerprint density at radius 3 is 2.42 bits per heavy atom. The fourth-order valence-corrected chi connectivity index (χ4v) is 1.86. The lowest BCUT2D eigenvalue weighted by atomic mass is 10.1. The average Bonchev–Trinajstić information content (AvgIpc) is 2.87. The van der Waals surface area contributed by atoms with E-state index in [2.05, 4.69) is 25.8 Å². The van der Waals surface area contributed by atoms with Gasteiger partial charge >= 0.3 is 0 Å². The summed E-state index contributed by atoms with van der Waals surface area (Å²) in [4.78, 5) is 2.46. The van der Waals surface area contributed by atoms with Gasteiger partial charge in [0.15, 0.2) is 0 Å². The smallest absolute Gasteiger partial charge is 0.0215 e. The first-order chi connectivity index (χ1) is 5.70. The number of nitrogens with two attached hydrogens (primary N) is 1. The minimum absolute atomic E-state index is 0.584. The molecule has 1 rings (SSSR count). The van der Waals surface area contributed by atoms with Crippen LogP contribution in [0.1, 0.15) is 33.1 Å². The molecule has 0 heterocycles. The molecular weight excluding hydrogens is 148 g/mol. The van der Waals surface area contributed by atoms with Crippen molar-refractivity contribution in [3.8, 4) is 0 Å². The molecule has 2 atom stereocenters. The van der Waals surface area contributed by atoms with E-state index in [-0.39, 0.29) is 0 Å². The second-order valence-electron chi connectivity index (χ2n) is 4.04. The summed E-state index contributed by atoms with van der Waals surface area (Å²) in [5.74, 6) is 0.954. The predicted octanol–water partition coefficient (Wildman–Crippen LogP) is 1.45. The molecule has 0 aliphatic heterocycles. The largest absolute Gasteiger partial charge is 0.329 e. The van der Waals surface area contributed by atoms with E-state index in [1.54, 1.807) is 0 Å². The summed E-state index contributed by atoms with van der Waals surface area (Å²) in [7, 11) is 2.21. The van der Waals surface area contributed by atoms with Crippen LogP contribution in [0.4, 0.5) is 0 Å². The number of hydrogen-bond donors (Lipinski definition) is 1. The molecule has 1 saturated carbocycles. The summed E-state index contributed by atoms with van der Waals surface area (Å²) in [5, 5.41) is 0. The fraction of sp³-hybridized carbons (Fsp3) is 1.00. The number of rotatable bonds is 5. The van der Waals surface area contributed by atoms with E-state index in [9.17, 15) is 0 Å². The molecule has 0 aromatic rings. The molecule has 0 spiro atoms. The Balaban J connectivity index is 2.36. The van der Waals surface area contributed by atoms with Crippen molar-refractivity contribution in [1.82, 2.24) is 4.90 Å². The minimum atomic E-state index is 0.584. The van der Waals surface area contributed by atoms with Gasteiger partial charge in [-0.1, -0.05) is 6.92 Å². The third kappa shape index (κ3) is 2.20. The molecule has 2 nitrogen and oxygen atoms in total. The molecule has 0 saturated heterocycles. The van der Waals surface area contributed by atoms with Gasteiger partial charge in [-0.2, -0.15) is 0 Å². The molecule has 0 radical (unpaired) electrons. The molecule has 2 heteroatoms. The molecule has 1 fully saturated rings. The monoisotopic (exact) mass is 170 g/mol. The van der Waals surface area contributed by atoms with Crippen LogP contribution >= 0.6 is 0 Å². The van der Waals surface area contributed by atoms with Crippen molar-refractivity contribution in [2.45, 2.75) is 45.2 Å². The summed E-state index contributed by atoms with van der Waals surface area (Å²) in [5.41, 5.74) is 5.70. The van der Waals surface area contributed by atoms with Crippen molar-refractivity contribution in [2.75, 3.05) is 13.6 Å². The highest BCUT2D eigenvalue weighted by Crippen LogP contribution is 2.35. The van der Waals surface area contributed by atoms with Crippen LogP contribution in [0.2, 0.25) is 0 Å². The van der Waals surface area contributed by atoms with E-state index in [0.29, 0.717) is 6.04 Å². The van der Waals surface area contributed by atoms with Crippen molar-refractivity contribution in [2.24, 2.45) is 11.7 Å². The van der Waals surface area contributed by atoms with Crippen LogP contribution in [0, 0.1) is 5.92 Å². The Bertz CT molecular complexity index is 126. The molecule has 0 aromatic carbocycles. The average molecular weight is 170 g/mol. The zero-order valence-corrected chi connectivity index (χ0v) is 8.59. The minimum Gasteiger partial charge on any atom is -0.329 e. The molecule has 0 aromatic heterocycles. The Morgan fingerprint density at radius 2 is 2.08 bits per heavy atom. The van der Waals surface area contributed by atoms with Crippen LogP contribution in [-0.4, -0.2) is 30.6 Å². The molecule has 12 heavy (non-hydrogen) atoms. The Hall–Kier alpha value is -0.0800. The van der Waals surface area contributed by atoms with Crippen LogP contribution in [0.5, 0.6) is 0 Å². The highest BCUT2D eigenvalue weighted by Gasteiger charge is 2.32. The summed E-state index contributed by atoms with van der Waals surface area (Å²) in [6.07, 6.45) is 4.02. The maximum atomic E-state index is 5.70. The molecule has 0 bridgehead atoms. The Kier molecular flexibility index (Phi) is 3.53. The van der Waals surface area contributed by atoms with Crippen LogP contribution in [0.25, 0.3) is 0 Å². The highest BCUT2D eigenvalue weighted by molar-refractivity contribution is 4.86. The lowest BCUT2D eigenvalue weighted by Crippen LogP contribution is -2.43. The summed E-state index contributed by atoms with van der Waals surface area (Å²) < 4.78 is 0. The Morgan fingerprint density at radius 1 is 1.50 bits per heavy atom. The Labute approximate surface area is 76.1 Å². The number of nitrogens with zero attached hydrogens (tertiary/aromatic N) is 1. The van der Waals surface area contributed by atoms with E-state index in [1.807, 2.05) is 0 Å². The van der Waals surface area contributed by atoms with Gasteiger partial charge in [-0.05, 0) is 39.2 Å². The summed E-state index contributed by atoms with van der Waals surface area (Å²) in [6, 6.07) is 1.32. The fourth-order valence-electron chi connectivity index (χ4n) is 1.86. The van der Waals surface area contributed by atoms with Gasteiger partial charge in [-0.3, -0.25) is 4.90 Å². The topological polar surface area (TPSA) is 29.3 Å². The second-order valence-corrected chi connectivity index (χ2v) is 4.04. The van der Waals surface area contributed by atoms with E-state index in [1.165, 1.54) is 19.3 Å². The van der Waals surface area contributed by atoms with Crippen molar-refractivity contribution in [1.29, 1.82) is 0 Å². The highest BCUT2D eigenvalue weighted by atomic mass is 15.2. The van der Waals surface area contributed by atoms with Gasteiger partial charge in [0.2, 0.25) is 0 Å². The van der Waals surface area contributed by atoms with Gasteiger partial charge in [-0.15, -0.1) is 0 Å². The lowest BCUT2D eigenvalue weighted by Gasteiger charge is -2.31. The van der Waals surface area contributed by atoms with Crippen molar-refractivity contribution in [3.05, 3.63) is 0 Å². The third-order valence-electron chi connectivity index (χ3n) is 3.27. The van der Waals surface area contributed by atoms with Crippen LogP contribution < -0.4 is 5.73 Å². The van der Waals surface area contributed by atoms with Gasteiger partial charge in [0, 0.05) is 18.6 Å². The van der Waals surface area contributed by atoms with Crippen molar-refractivity contribution in [3.63, 3.8) is 0 Å².